The Kier molecular flexibility index (Phi) is 5.24. The van der Waals surface area contributed by atoms with Crippen LogP contribution in [-0.4, -0.2) is 28.7 Å². The zero-order valence-corrected chi connectivity index (χ0v) is 12.6. The number of rotatable bonds is 5. The summed E-state index contributed by atoms with van der Waals surface area (Å²) < 4.78 is 5.14. The van der Waals surface area contributed by atoms with Crippen molar-refractivity contribution >= 4 is 35.0 Å². The lowest BCUT2D eigenvalue weighted by Crippen LogP contribution is -2.15. The fraction of sp³-hybridized carbons (Fsp3) is 0.154. The zero-order chi connectivity index (χ0) is 15.2. The first-order chi connectivity index (χ1) is 10.1. The molecule has 8 heteroatoms. The quantitative estimate of drug-likeness (QED) is 0.650. The Balaban J connectivity index is 1.99. The van der Waals surface area contributed by atoms with Crippen LogP contribution in [0.4, 0.5) is 5.69 Å². The number of hydrogen-bond acceptors (Lipinski definition) is 5. The number of amides is 1. The Morgan fingerprint density at radius 1 is 1.48 bits per heavy atom. The van der Waals surface area contributed by atoms with Gasteiger partial charge in [0.25, 0.3) is 0 Å². The predicted octanol–water partition coefficient (Wildman–Crippen LogP) is 2.16. The van der Waals surface area contributed by atoms with Crippen LogP contribution in [0.5, 0.6) is 5.75 Å². The Labute approximate surface area is 129 Å². The van der Waals surface area contributed by atoms with Crippen molar-refractivity contribution in [3.05, 3.63) is 46.0 Å². The maximum absolute atomic E-state index is 11.9. The number of ether oxygens (including phenoxy) is 1. The SMILES string of the molecule is COc1ccc(Cl)cc1NC(=O)CSc1ccnc(=O)[nH]1. The second kappa shape index (κ2) is 7.14. The van der Waals surface area contributed by atoms with Crippen LogP contribution in [0.1, 0.15) is 0 Å². The standard InChI is InChI=1S/C13H12ClN3O3S/c1-20-10-3-2-8(14)6-9(10)16-11(18)7-21-12-4-5-15-13(19)17-12/h2-6H,7H2,1H3,(H,16,18)(H,15,17,19). The molecule has 2 aromatic rings. The van der Waals surface area contributed by atoms with Gasteiger partial charge in [-0.25, -0.2) is 9.78 Å². The van der Waals surface area contributed by atoms with Crippen LogP contribution in [0.15, 0.2) is 40.3 Å². The average Bonchev–Trinajstić information content (AvgIpc) is 2.45. The van der Waals surface area contributed by atoms with Gasteiger partial charge in [-0.1, -0.05) is 23.4 Å². The van der Waals surface area contributed by atoms with Gasteiger partial charge in [-0.3, -0.25) is 4.79 Å². The van der Waals surface area contributed by atoms with Gasteiger partial charge in [0.05, 0.1) is 23.6 Å². The minimum absolute atomic E-state index is 0.135. The number of thioether (sulfide) groups is 1. The van der Waals surface area contributed by atoms with E-state index in [0.29, 0.717) is 21.5 Å². The Bertz CT molecular complexity index is 705. The molecule has 2 N–H and O–H groups in total. The minimum Gasteiger partial charge on any atom is -0.495 e. The molecule has 6 nitrogen and oxygen atoms in total. The summed E-state index contributed by atoms with van der Waals surface area (Å²) in [6, 6.07) is 6.58. The molecule has 110 valence electrons. The lowest BCUT2D eigenvalue weighted by molar-refractivity contribution is -0.113. The highest BCUT2D eigenvalue weighted by molar-refractivity contribution is 7.99. The van der Waals surface area contributed by atoms with Gasteiger partial charge in [0, 0.05) is 11.2 Å². The molecule has 0 saturated carbocycles. The van der Waals surface area contributed by atoms with Gasteiger partial charge in [0.1, 0.15) is 5.75 Å². The number of aromatic nitrogens is 2. The van der Waals surface area contributed by atoms with Crippen molar-refractivity contribution in [2.24, 2.45) is 0 Å². The normalized spacial score (nSPS) is 10.2. The van der Waals surface area contributed by atoms with Crippen molar-refractivity contribution in [2.45, 2.75) is 5.03 Å². The molecule has 0 aliphatic rings. The number of carbonyl (C=O) groups is 1. The van der Waals surface area contributed by atoms with Crippen LogP contribution >= 0.6 is 23.4 Å². The molecular weight excluding hydrogens is 314 g/mol. The summed E-state index contributed by atoms with van der Waals surface area (Å²) in [6.45, 7) is 0. The number of anilines is 1. The zero-order valence-electron chi connectivity index (χ0n) is 11.1. The topological polar surface area (TPSA) is 84.1 Å². The summed E-state index contributed by atoms with van der Waals surface area (Å²) in [5, 5.41) is 3.78. The third kappa shape index (κ3) is 4.51. The van der Waals surface area contributed by atoms with E-state index in [1.807, 2.05) is 0 Å². The molecule has 0 atom stereocenters. The van der Waals surface area contributed by atoms with Crippen molar-refractivity contribution in [3.63, 3.8) is 0 Å². The number of benzene rings is 1. The number of nitrogens with zero attached hydrogens (tertiary/aromatic N) is 1. The highest BCUT2D eigenvalue weighted by Crippen LogP contribution is 2.27. The third-order valence-corrected chi connectivity index (χ3v) is 3.63. The average molecular weight is 326 g/mol. The van der Waals surface area contributed by atoms with E-state index in [4.69, 9.17) is 16.3 Å². The van der Waals surface area contributed by atoms with E-state index in [-0.39, 0.29) is 11.7 Å². The Morgan fingerprint density at radius 3 is 3.00 bits per heavy atom. The molecule has 0 aliphatic carbocycles. The van der Waals surface area contributed by atoms with Crippen molar-refractivity contribution in [3.8, 4) is 5.75 Å². The molecule has 0 saturated heterocycles. The van der Waals surface area contributed by atoms with E-state index in [2.05, 4.69) is 15.3 Å². The molecule has 1 aromatic carbocycles. The maximum atomic E-state index is 11.9. The molecule has 0 unspecified atom stereocenters. The van der Waals surface area contributed by atoms with E-state index in [9.17, 15) is 9.59 Å². The van der Waals surface area contributed by atoms with E-state index in [1.54, 1.807) is 24.3 Å². The summed E-state index contributed by atoms with van der Waals surface area (Å²) >= 11 is 7.09. The van der Waals surface area contributed by atoms with Gasteiger partial charge >= 0.3 is 5.69 Å². The molecule has 2 rings (SSSR count). The smallest absolute Gasteiger partial charge is 0.345 e. The van der Waals surface area contributed by atoms with Crippen molar-refractivity contribution in [1.29, 1.82) is 0 Å². The molecule has 1 heterocycles. The largest absolute Gasteiger partial charge is 0.495 e. The van der Waals surface area contributed by atoms with Crippen molar-refractivity contribution < 1.29 is 9.53 Å². The van der Waals surface area contributed by atoms with Gasteiger partial charge < -0.3 is 15.0 Å². The fourth-order valence-corrected chi connectivity index (χ4v) is 2.39. The summed E-state index contributed by atoms with van der Waals surface area (Å²) in [6.07, 6.45) is 1.39. The first kappa shape index (κ1) is 15.4. The molecular formula is C13H12ClN3O3S. The second-order valence-corrected chi connectivity index (χ2v) is 5.37. The van der Waals surface area contributed by atoms with Gasteiger partial charge in [0.15, 0.2) is 0 Å². The van der Waals surface area contributed by atoms with Crippen LogP contribution in [0.25, 0.3) is 0 Å². The number of halogens is 1. The van der Waals surface area contributed by atoms with Gasteiger partial charge in [-0.05, 0) is 24.3 Å². The number of nitrogens with one attached hydrogen (secondary N) is 2. The molecule has 1 amide bonds. The van der Waals surface area contributed by atoms with Crippen LogP contribution in [0, 0.1) is 0 Å². The number of aromatic amines is 1. The summed E-state index contributed by atoms with van der Waals surface area (Å²) in [7, 11) is 1.51. The molecule has 0 radical (unpaired) electrons. The lowest BCUT2D eigenvalue weighted by atomic mass is 10.3. The predicted molar refractivity (Wildman–Crippen MR) is 82.2 cm³/mol. The second-order valence-electron chi connectivity index (χ2n) is 3.92. The monoisotopic (exact) mass is 325 g/mol. The number of carbonyl (C=O) groups excluding carboxylic acids is 1. The minimum atomic E-state index is -0.447. The number of methoxy groups -OCH3 is 1. The van der Waals surface area contributed by atoms with E-state index >= 15 is 0 Å². The first-order valence-electron chi connectivity index (χ1n) is 5.90. The number of hydrogen-bond donors (Lipinski definition) is 2. The highest BCUT2D eigenvalue weighted by atomic mass is 35.5. The third-order valence-electron chi connectivity index (χ3n) is 2.44. The molecule has 0 aliphatic heterocycles. The fourth-order valence-electron chi connectivity index (χ4n) is 1.54. The molecule has 21 heavy (non-hydrogen) atoms. The Morgan fingerprint density at radius 2 is 2.29 bits per heavy atom. The van der Waals surface area contributed by atoms with E-state index in [0.717, 1.165) is 0 Å². The molecule has 0 bridgehead atoms. The van der Waals surface area contributed by atoms with E-state index < -0.39 is 5.69 Å². The number of H-pyrrole nitrogens is 1. The van der Waals surface area contributed by atoms with Gasteiger partial charge in [0.2, 0.25) is 5.91 Å². The highest BCUT2D eigenvalue weighted by Gasteiger charge is 2.09. The van der Waals surface area contributed by atoms with Crippen LogP contribution in [-0.2, 0) is 4.79 Å². The summed E-state index contributed by atoms with van der Waals surface area (Å²) in [5.74, 6) is 0.420. The van der Waals surface area contributed by atoms with Crippen LogP contribution in [0.3, 0.4) is 0 Å². The van der Waals surface area contributed by atoms with Gasteiger partial charge in [-0.15, -0.1) is 0 Å². The summed E-state index contributed by atoms with van der Waals surface area (Å²) in [4.78, 5) is 29.0. The van der Waals surface area contributed by atoms with Crippen molar-refractivity contribution in [2.75, 3.05) is 18.2 Å². The summed E-state index contributed by atoms with van der Waals surface area (Å²) in [5.41, 5.74) is 0.0516. The Hall–Kier alpha value is -1.99. The molecule has 0 fully saturated rings. The van der Waals surface area contributed by atoms with Crippen LogP contribution in [0.2, 0.25) is 5.02 Å². The molecule has 1 aromatic heterocycles. The van der Waals surface area contributed by atoms with Gasteiger partial charge in [-0.2, -0.15) is 0 Å². The van der Waals surface area contributed by atoms with E-state index in [1.165, 1.54) is 25.1 Å². The van der Waals surface area contributed by atoms with Crippen LogP contribution < -0.4 is 15.7 Å². The molecule has 0 spiro atoms. The first-order valence-corrected chi connectivity index (χ1v) is 7.26. The van der Waals surface area contributed by atoms with Crippen molar-refractivity contribution in [1.82, 2.24) is 9.97 Å². The maximum Gasteiger partial charge on any atom is 0.345 e. The lowest BCUT2D eigenvalue weighted by Gasteiger charge is -2.10.